The van der Waals surface area contributed by atoms with E-state index in [1.807, 2.05) is 18.3 Å². The molecule has 0 saturated carbocycles. The van der Waals surface area contributed by atoms with Gasteiger partial charge in [-0.05, 0) is 12.1 Å². The summed E-state index contributed by atoms with van der Waals surface area (Å²) < 4.78 is 1.78. The molecule has 3 rings (SSSR count). The van der Waals surface area contributed by atoms with Gasteiger partial charge in [0.1, 0.15) is 5.01 Å². The summed E-state index contributed by atoms with van der Waals surface area (Å²) in [5.41, 5.74) is 1.08. The highest BCUT2D eigenvalue weighted by Gasteiger charge is 2.05. The molecule has 68 valence electrons. The van der Waals surface area contributed by atoms with Crippen molar-refractivity contribution in [3.63, 3.8) is 0 Å². The molecule has 0 saturated heterocycles. The summed E-state index contributed by atoms with van der Waals surface area (Å²) in [6, 6.07) is 3.89. The number of rotatable bonds is 1. The van der Waals surface area contributed by atoms with Gasteiger partial charge in [0, 0.05) is 24.2 Å². The average Bonchev–Trinajstić information content (AvgIpc) is 2.78. The minimum absolute atomic E-state index is 0.914. The van der Waals surface area contributed by atoms with E-state index in [1.54, 1.807) is 34.4 Å². The van der Waals surface area contributed by atoms with Crippen molar-refractivity contribution in [3.8, 4) is 10.6 Å². The van der Waals surface area contributed by atoms with Crippen LogP contribution in [0.2, 0.25) is 0 Å². The Balaban J connectivity index is 2.19. The summed E-state index contributed by atoms with van der Waals surface area (Å²) in [5.74, 6) is 0. The van der Waals surface area contributed by atoms with E-state index in [1.165, 1.54) is 0 Å². The maximum atomic E-state index is 4.39. The fourth-order valence-corrected chi connectivity index (χ4v) is 2.11. The lowest BCUT2D eigenvalue weighted by Crippen LogP contribution is -1.81. The van der Waals surface area contributed by atoms with Crippen LogP contribution in [0.15, 0.2) is 36.9 Å². The van der Waals surface area contributed by atoms with Crippen molar-refractivity contribution >= 4 is 16.3 Å². The summed E-state index contributed by atoms with van der Waals surface area (Å²) in [7, 11) is 0. The Bertz CT molecular complexity index is 526. The van der Waals surface area contributed by atoms with Gasteiger partial charge in [-0.2, -0.15) is 5.10 Å². The van der Waals surface area contributed by atoms with Crippen LogP contribution in [-0.4, -0.2) is 19.6 Å². The second-order valence-electron chi connectivity index (χ2n) is 2.80. The molecule has 4 nitrogen and oxygen atoms in total. The van der Waals surface area contributed by atoms with Crippen molar-refractivity contribution in [1.82, 2.24) is 19.6 Å². The first kappa shape index (κ1) is 7.64. The van der Waals surface area contributed by atoms with E-state index in [4.69, 9.17) is 0 Å². The molecule has 3 aromatic heterocycles. The molecule has 3 heterocycles. The maximum absolute atomic E-state index is 4.39. The fourth-order valence-electron chi connectivity index (χ4n) is 1.25. The summed E-state index contributed by atoms with van der Waals surface area (Å²) in [5, 5.41) is 5.36. The number of imidazole rings is 1. The second-order valence-corrected chi connectivity index (χ2v) is 3.75. The zero-order valence-corrected chi connectivity index (χ0v) is 7.98. The van der Waals surface area contributed by atoms with Crippen LogP contribution in [-0.2, 0) is 0 Å². The van der Waals surface area contributed by atoms with Crippen LogP contribution in [0.3, 0.4) is 0 Å². The quantitative estimate of drug-likeness (QED) is 0.604. The second kappa shape index (κ2) is 2.88. The van der Waals surface area contributed by atoms with Crippen molar-refractivity contribution in [3.05, 3.63) is 36.9 Å². The Morgan fingerprint density at radius 1 is 1.14 bits per heavy atom. The van der Waals surface area contributed by atoms with Crippen molar-refractivity contribution in [2.24, 2.45) is 0 Å². The number of pyridine rings is 1. The summed E-state index contributed by atoms with van der Waals surface area (Å²) >= 11 is 1.57. The molecule has 0 bridgehead atoms. The average molecular weight is 202 g/mol. The molecule has 3 aromatic rings. The summed E-state index contributed by atoms with van der Waals surface area (Å²) in [6.07, 6.45) is 7.12. The highest BCUT2D eigenvalue weighted by molar-refractivity contribution is 7.19. The SMILES string of the molecule is c1cc(-c2nn3ccnc3s2)ccn1. The van der Waals surface area contributed by atoms with E-state index in [9.17, 15) is 0 Å². The molecule has 5 heteroatoms. The molecular weight excluding hydrogens is 196 g/mol. The molecule has 0 radical (unpaired) electrons. The van der Waals surface area contributed by atoms with Gasteiger partial charge in [-0.25, -0.2) is 9.50 Å². The molecule has 0 N–H and O–H groups in total. The number of nitrogens with zero attached hydrogens (tertiary/aromatic N) is 4. The van der Waals surface area contributed by atoms with E-state index in [0.717, 1.165) is 15.5 Å². The lowest BCUT2D eigenvalue weighted by atomic mass is 10.3. The zero-order chi connectivity index (χ0) is 9.38. The van der Waals surface area contributed by atoms with Gasteiger partial charge in [-0.3, -0.25) is 4.98 Å². The largest absolute Gasteiger partial charge is 0.265 e. The van der Waals surface area contributed by atoms with Crippen molar-refractivity contribution < 1.29 is 0 Å². The Morgan fingerprint density at radius 2 is 2.00 bits per heavy atom. The molecule has 0 fully saturated rings. The third-order valence-electron chi connectivity index (χ3n) is 1.90. The van der Waals surface area contributed by atoms with Crippen LogP contribution >= 0.6 is 11.3 Å². The molecule has 0 aromatic carbocycles. The van der Waals surface area contributed by atoms with E-state index < -0.39 is 0 Å². The first-order chi connectivity index (χ1) is 6.93. The maximum Gasteiger partial charge on any atom is 0.212 e. The minimum atomic E-state index is 0.914. The number of fused-ring (bicyclic) bond motifs is 1. The van der Waals surface area contributed by atoms with Crippen molar-refractivity contribution in [2.45, 2.75) is 0 Å². The van der Waals surface area contributed by atoms with E-state index >= 15 is 0 Å². The number of hydrogen-bond acceptors (Lipinski definition) is 4. The van der Waals surface area contributed by atoms with Crippen LogP contribution in [0.1, 0.15) is 0 Å². The lowest BCUT2D eigenvalue weighted by Gasteiger charge is -1.90. The third kappa shape index (κ3) is 1.10. The fraction of sp³-hybridized carbons (Fsp3) is 0. The lowest BCUT2D eigenvalue weighted by molar-refractivity contribution is 0.978. The first-order valence-corrected chi connectivity index (χ1v) is 4.96. The number of aromatic nitrogens is 4. The highest BCUT2D eigenvalue weighted by Crippen LogP contribution is 2.23. The van der Waals surface area contributed by atoms with Gasteiger partial charge in [-0.15, -0.1) is 0 Å². The summed E-state index contributed by atoms with van der Waals surface area (Å²) in [6.45, 7) is 0. The van der Waals surface area contributed by atoms with Gasteiger partial charge >= 0.3 is 0 Å². The Hall–Kier alpha value is -1.75. The molecule has 0 aliphatic heterocycles. The third-order valence-corrected chi connectivity index (χ3v) is 2.89. The van der Waals surface area contributed by atoms with Gasteiger partial charge in [0.05, 0.1) is 6.20 Å². The smallest absolute Gasteiger partial charge is 0.212 e. The van der Waals surface area contributed by atoms with Crippen LogP contribution < -0.4 is 0 Å². The molecule has 0 aliphatic carbocycles. The van der Waals surface area contributed by atoms with E-state index in [-0.39, 0.29) is 0 Å². The van der Waals surface area contributed by atoms with Crippen LogP contribution in [0, 0.1) is 0 Å². The molecule has 0 atom stereocenters. The zero-order valence-electron chi connectivity index (χ0n) is 7.16. The first-order valence-electron chi connectivity index (χ1n) is 4.14. The van der Waals surface area contributed by atoms with Gasteiger partial charge in [0.25, 0.3) is 0 Å². The van der Waals surface area contributed by atoms with Crippen LogP contribution in [0.4, 0.5) is 0 Å². The van der Waals surface area contributed by atoms with Gasteiger partial charge in [0.2, 0.25) is 4.96 Å². The topological polar surface area (TPSA) is 43.1 Å². The molecule has 14 heavy (non-hydrogen) atoms. The monoisotopic (exact) mass is 202 g/mol. The predicted molar refractivity (Wildman–Crippen MR) is 54.1 cm³/mol. The van der Waals surface area contributed by atoms with E-state index in [0.29, 0.717) is 0 Å². The molecule has 0 spiro atoms. The molecular formula is C9H6N4S. The van der Waals surface area contributed by atoms with Crippen LogP contribution in [0.5, 0.6) is 0 Å². The standard InChI is InChI=1S/C9H6N4S/c1-3-10-4-2-7(1)8-12-13-6-5-11-9(13)14-8/h1-6H. The number of hydrogen-bond donors (Lipinski definition) is 0. The van der Waals surface area contributed by atoms with Gasteiger partial charge < -0.3 is 0 Å². The van der Waals surface area contributed by atoms with Gasteiger partial charge in [-0.1, -0.05) is 11.3 Å². The molecule has 0 unspecified atom stereocenters. The molecule has 0 aliphatic rings. The predicted octanol–water partition coefficient (Wildman–Crippen LogP) is 1.85. The Labute approximate surface area is 83.9 Å². The Kier molecular flexibility index (Phi) is 1.57. The van der Waals surface area contributed by atoms with E-state index in [2.05, 4.69) is 15.1 Å². The molecule has 0 amide bonds. The van der Waals surface area contributed by atoms with Gasteiger partial charge in [0.15, 0.2) is 0 Å². The Morgan fingerprint density at radius 3 is 2.79 bits per heavy atom. The normalized spacial score (nSPS) is 10.9. The summed E-state index contributed by atoms with van der Waals surface area (Å²) in [4.78, 5) is 9.05. The van der Waals surface area contributed by atoms with Crippen molar-refractivity contribution in [2.75, 3.05) is 0 Å². The highest BCUT2D eigenvalue weighted by atomic mass is 32.1. The van der Waals surface area contributed by atoms with Crippen LogP contribution in [0.25, 0.3) is 15.5 Å². The minimum Gasteiger partial charge on any atom is -0.265 e. The van der Waals surface area contributed by atoms with Crippen molar-refractivity contribution in [1.29, 1.82) is 0 Å².